The van der Waals surface area contributed by atoms with Crippen LogP contribution in [0.15, 0.2) is 67.0 Å². The highest BCUT2D eigenvalue weighted by molar-refractivity contribution is 7.14. The Morgan fingerprint density at radius 1 is 1.02 bits per heavy atom. The third-order valence-corrected chi connectivity index (χ3v) is 11.5. The molecule has 3 saturated heterocycles. The van der Waals surface area contributed by atoms with Gasteiger partial charge in [0.2, 0.25) is 12.4 Å². The molecule has 50 heavy (non-hydrogen) atoms. The smallest absolute Gasteiger partial charge is 0.327 e. The molecule has 0 spiro atoms. The maximum Gasteiger partial charge on any atom is 0.327 e. The summed E-state index contributed by atoms with van der Waals surface area (Å²) in [6.45, 7) is 3.74. The Balaban J connectivity index is 1.29. The van der Waals surface area contributed by atoms with E-state index in [0.717, 1.165) is 54.1 Å². The molecule has 10 nitrogen and oxygen atoms in total. The minimum atomic E-state index is -1.34. The molecule has 1 unspecified atom stereocenters. The van der Waals surface area contributed by atoms with Gasteiger partial charge in [0.1, 0.15) is 16.1 Å². The van der Waals surface area contributed by atoms with Crippen LogP contribution in [0.2, 0.25) is 10.0 Å². The van der Waals surface area contributed by atoms with Gasteiger partial charge in [0.15, 0.2) is 11.5 Å². The van der Waals surface area contributed by atoms with E-state index in [9.17, 15) is 19.9 Å². The normalized spacial score (nSPS) is 19.5. The molecule has 0 saturated carbocycles. The summed E-state index contributed by atoms with van der Waals surface area (Å²) in [7, 11) is 3.05. The molecule has 2 aromatic heterocycles. The van der Waals surface area contributed by atoms with Crippen molar-refractivity contribution in [2.24, 2.45) is 11.8 Å². The average molecular weight is 741 g/mol. The largest absolute Gasteiger partial charge is 0.544 e. The third kappa shape index (κ3) is 8.03. The fourth-order valence-corrected chi connectivity index (χ4v) is 8.73. The number of nitrogens with one attached hydrogen (secondary N) is 1. The molecule has 2 aromatic carbocycles. The summed E-state index contributed by atoms with van der Waals surface area (Å²) in [6.07, 6.45) is 5.10. The minimum Gasteiger partial charge on any atom is -0.544 e. The van der Waals surface area contributed by atoms with Crippen LogP contribution in [0, 0.1) is 11.8 Å². The third-order valence-electron chi connectivity index (χ3n) is 9.74. The average Bonchev–Trinajstić information content (AvgIpc) is 3.55. The van der Waals surface area contributed by atoms with Crippen molar-refractivity contribution < 1.29 is 38.8 Å². The summed E-state index contributed by atoms with van der Waals surface area (Å²) in [5, 5.41) is 26.4. The highest BCUT2D eigenvalue weighted by Crippen LogP contribution is 2.41. The summed E-state index contributed by atoms with van der Waals surface area (Å²) < 4.78 is 17.7. The van der Waals surface area contributed by atoms with E-state index >= 15 is 0 Å². The van der Waals surface area contributed by atoms with E-state index in [-0.39, 0.29) is 33.9 Å². The number of carbonyl (C=O) groups is 2. The van der Waals surface area contributed by atoms with Gasteiger partial charge < -0.3 is 29.0 Å². The Bertz CT molecular complexity index is 1810. The van der Waals surface area contributed by atoms with Crippen molar-refractivity contribution in [1.29, 1.82) is 0 Å². The number of carbonyl (C=O) groups excluding carboxylic acids is 2. The molecule has 3 fully saturated rings. The monoisotopic (exact) mass is 739 g/mol. The SMILES string of the molecule is COc1ccc([C@H](Cc2c(Cl)c[n+](O)cc2Cl)c2cc(CNC(C(=O)OC[C@H]3CN4CCC3CC4)c3ccccc3)sc2C(=O)[O-])cc1OC. The van der Waals surface area contributed by atoms with E-state index in [4.69, 9.17) is 37.4 Å². The van der Waals surface area contributed by atoms with Crippen LogP contribution in [0.5, 0.6) is 11.5 Å². The zero-order chi connectivity index (χ0) is 35.4. The Morgan fingerprint density at radius 3 is 2.34 bits per heavy atom. The van der Waals surface area contributed by atoms with Crippen LogP contribution < -0.4 is 24.6 Å². The number of hydrogen-bond acceptors (Lipinski definition) is 10. The van der Waals surface area contributed by atoms with Crippen molar-refractivity contribution in [3.8, 4) is 11.5 Å². The first-order valence-corrected chi connectivity index (χ1v) is 18.0. The molecule has 3 aliphatic rings. The minimum absolute atomic E-state index is 0.0307. The van der Waals surface area contributed by atoms with Gasteiger partial charge in [-0.1, -0.05) is 59.6 Å². The van der Waals surface area contributed by atoms with Crippen LogP contribution in [0.4, 0.5) is 0 Å². The van der Waals surface area contributed by atoms with Gasteiger partial charge in [-0.15, -0.1) is 11.3 Å². The lowest BCUT2D eigenvalue weighted by Gasteiger charge is -2.44. The first-order valence-electron chi connectivity index (χ1n) is 16.5. The molecule has 0 aliphatic carbocycles. The second-order valence-electron chi connectivity index (χ2n) is 12.7. The summed E-state index contributed by atoms with van der Waals surface area (Å²) in [6, 6.07) is 15.8. The van der Waals surface area contributed by atoms with Crippen molar-refractivity contribution >= 4 is 46.5 Å². The number of halogens is 2. The van der Waals surface area contributed by atoms with Crippen LogP contribution in [-0.4, -0.2) is 62.5 Å². The Morgan fingerprint density at radius 2 is 1.72 bits per heavy atom. The number of ether oxygens (including phenoxy) is 3. The number of aromatic carboxylic acids is 1. The van der Waals surface area contributed by atoms with E-state index in [0.29, 0.717) is 51.5 Å². The quantitative estimate of drug-likeness (QED) is 0.104. The Hall–Kier alpha value is -3.87. The van der Waals surface area contributed by atoms with Gasteiger partial charge in [-0.3, -0.25) is 10.5 Å². The number of benzene rings is 2. The molecular weight excluding hydrogens is 701 g/mol. The zero-order valence-corrected chi connectivity index (χ0v) is 30.1. The second-order valence-corrected chi connectivity index (χ2v) is 14.7. The van der Waals surface area contributed by atoms with Gasteiger partial charge in [-0.25, -0.2) is 4.79 Å². The van der Waals surface area contributed by atoms with E-state index in [1.54, 1.807) is 12.1 Å². The van der Waals surface area contributed by atoms with Crippen LogP contribution in [-0.2, 0) is 22.5 Å². The number of piperidine rings is 3. The zero-order valence-electron chi connectivity index (χ0n) is 27.8. The second kappa shape index (κ2) is 16.0. The van der Waals surface area contributed by atoms with E-state index in [2.05, 4.69) is 10.2 Å². The maximum atomic E-state index is 13.6. The topological polar surface area (TPSA) is 124 Å². The number of nitrogens with zero attached hydrogens (tertiary/aromatic N) is 2. The van der Waals surface area contributed by atoms with Gasteiger partial charge in [-0.05, 0) is 73.2 Å². The number of esters is 1. The number of aromatic nitrogens is 1. The number of carboxylic acids is 1. The van der Waals surface area contributed by atoms with Gasteiger partial charge in [0.05, 0.1) is 31.7 Å². The fourth-order valence-electron chi connectivity index (χ4n) is 7.11. The molecule has 4 aromatic rings. The van der Waals surface area contributed by atoms with Crippen molar-refractivity contribution in [3.63, 3.8) is 0 Å². The molecule has 264 valence electrons. The predicted octanol–water partition coefficient (Wildman–Crippen LogP) is 5.05. The number of thiophene rings is 1. The van der Waals surface area contributed by atoms with Crippen molar-refractivity contribution in [3.05, 3.63) is 109 Å². The Labute approximate surface area is 305 Å². The van der Waals surface area contributed by atoms with Crippen LogP contribution in [0.1, 0.15) is 61.6 Å². The Kier molecular flexibility index (Phi) is 11.5. The number of carboxylic acid groups (broad SMARTS) is 1. The molecule has 13 heteroatoms. The number of fused-ring (bicyclic) bond motifs is 3. The molecule has 3 aliphatic heterocycles. The van der Waals surface area contributed by atoms with Gasteiger partial charge in [0.25, 0.3) is 0 Å². The predicted molar refractivity (Wildman–Crippen MR) is 187 cm³/mol. The lowest BCUT2D eigenvalue weighted by molar-refractivity contribution is -0.904. The lowest BCUT2D eigenvalue weighted by atomic mass is 9.79. The molecule has 0 amide bonds. The van der Waals surface area contributed by atoms with Crippen LogP contribution >= 0.6 is 34.5 Å². The van der Waals surface area contributed by atoms with Crippen molar-refractivity contribution in [2.45, 2.75) is 37.8 Å². The molecule has 2 bridgehead atoms. The molecule has 7 rings (SSSR count). The molecule has 3 atom stereocenters. The number of pyridine rings is 1. The molecule has 2 N–H and O–H groups in total. The van der Waals surface area contributed by atoms with Gasteiger partial charge in [0, 0.05) is 40.1 Å². The molecule has 0 radical (unpaired) electrons. The van der Waals surface area contributed by atoms with Crippen molar-refractivity contribution in [1.82, 2.24) is 10.2 Å². The van der Waals surface area contributed by atoms with Crippen LogP contribution in [0.3, 0.4) is 0 Å². The standard InChI is InChI=1S/C37H39Cl2N3O7S/c1-47-32-9-8-24(14-33(32)48-2)27(16-29-30(38)19-42(46)20-31(29)39)28-15-26(50-35(28)36(43)44)17-40-34(23-6-4-3-5-7-23)37(45)49-21-25-18-41-12-10-22(25)11-13-41/h3-9,14-15,19-20,22,25,27,34,40H,10-13,16-18,21H2,1-2H3,(H-,43,44,46)/t25-,27+,34?/m1/s1. The van der Waals surface area contributed by atoms with Crippen LogP contribution in [0.25, 0.3) is 0 Å². The maximum absolute atomic E-state index is 13.6. The first-order chi connectivity index (χ1) is 24.1. The highest BCUT2D eigenvalue weighted by atomic mass is 35.5. The first kappa shape index (κ1) is 35.9. The number of methoxy groups -OCH3 is 2. The van der Waals surface area contributed by atoms with E-state index < -0.39 is 17.9 Å². The summed E-state index contributed by atoms with van der Waals surface area (Å²) in [5.41, 5.74) is 2.46. The number of hydrogen-bond donors (Lipinski definition) is 2. The highest BCUT2D eigenvalue weighted by Gasteiger charge is 2.35. The van der Waals surface area contributed by atoms with Gasteiger partial charge in [-0.2, -0.15) is 0 Å². The number of rotatable bonds is 14. The summed E-state index contributed by atoms with van der Waals surface area (Å²) in [4.78, 5) is 29.4. The summed E-state index contributed by atoms with van der Waals surface area (Å²) in [5.74, 6) is -0.413. The molecule has 5 heterocycles. The fraction of sp³-hybridized carbons (Fsp3) is 0.378. The van der Waals surface area contributed by atoms with Crippen molar-refractivity contribution in [2.75, 3.05) is 40.5 Å². The molecular formula is C37H39Cl2N3O7S. The van der Waals surface area contributed by atoms with Gasteiger partial charge >= 0.3 is 5.97 Å². The van der Waals surface area contributed by atoms with E-state index in [1.807, 2.05) is 42.5 Å². The van der Waals surface area contributed by atoms with E-state index in [1.165, 1.54) is 26.6 Å². The summed E-state index contributed by atoms with van der Waals surface area (Å²) >= 11 is 14.2. The lowest BCUT2D eigenvalue weighted by Crippen LogP contribution is -2.49.